The van der Waals surface area contributed by atoms with Gasteiger partial charge in [-0.1, -0.05) is 13.0 Å². The van der Waals surface area contributed by atoms with Crippen LogP contribution in [0, 0.1) is 12.8 Å². The Morgan fingerprint density at radius 3 is 2.53 bits per heavy atom. The molecule has 8 nitrogen and oxygen atoms in total. The summed E-state index contributed by atoms with van der Waals surface area (Å²) in [6, 6.07) is 2.64. The van der Waals surface area contributed by atoms with Gasteiger partial charge in [0.05, 0.1) is 30.7 Å². The first kappa shape index (κ1) is 27.0. The molecule has 0 radical (unpaired) electrons. The smallest absolute Gasteiger partial charge is 0.394 e. The first-order valence-corrected chi connectivity index (χ1v) is 11.0. The second-order valence-electron chi connectivity index (χ2n) is 8.64. The van der Waals surface area contributed by atoms with Gasteiger partial charge in [-0.15, -0.1) is 0 Å². The lowest BCUT2D eigenvalue weighted by Crippen LogP contribution is -2.58. The van der Waals surface area contributed by atoms with Crippen LogP contribution in [0.25, 0.3) is 5.57 Å². The van der Waals surface area contributed by atoms with Crippen LogP contribution in [0.1, 0.15) is 30.3 Å². The maximum Gasteiger partial charge on any atom is 0.434 e. The van der Waals surface area contributed by atoms with Crippen molar-refractivity contribution in [1.29, 1.82) is 0 Å². The maximum absolute atomic E-state index is 14.5. The Balaban J connectivity index is 1.89. The molecule has 2 aromatic rings. The molecule has 0 aliphatic carbocycles. The van der Waals surface area contributed by atoms with Gasteiger partial charge in [0.1, 0.15) is 11.5 Å². The summed E-state index contributed by atoms with van der Waals surface area (Å²) >= 11 is 0. The van der Waals surface area contributed by atoms with Crippen molar-refractivity contribution in [2.45, 2.75) is 38.4 Å². The molecular weight excluding hydrogens is 485 g/mol. The van der Waals surface area contributed by atoms with Crippen molar-refractivity contribution in [2.24, 2.45) is 16.6 Å². The molecule has 13 heteroatoms. The molecule has 1 aliphatic heterocycles. The molecule has 1 saturated heterocycles. The number of allylic oxidation sites excluding steroid dienone is 1. The van der Waals surface area contributed by atoms with Gasteiger partial charge in [-0.2, -0.15) is 13.2 Å². The normalized spacial score (nSPS) is 20.8. The van der Waals surface area contributed by atoms with Crippen LogP contribution in [0.4, 0.5) is 27.8 Å². The molecule has 3 rings (SSSR count). The fraction of sp³-hybridized carbons (Fsp3) is 0.435. The number of aryl methyl sites for hydroxylation is 1. The standard InChI is InChI=1S/C23H26F5N7O/c1-13-4-5-16(31-7-13)15(8-30-3)20(29)21(36)35-12-22(24,25)6-14(2)17(35)9-33-19-11-32-18(10-34-19)23(26,27)28/h4-5,7-8,10-11,14,17H,6,9,12,29H2,1-3H3,(H,33,34)/t14-,17?/m1/s1. The van der Waals surface area contributed by atoms with E-state index in [9.17, 15) is 26.7 Å². The van der Waals surface area contributed by atoms with Crippen molar-refractivity contribution in [3.8, 4) is 0 Å². The summed E-state index contributed by atoms with van der Waals surface area (Å²) in [5.41, 5.74) is 6.11. The van der Waals surface area contributed by atoms with Gasteiger partial charge in [-0.05, 0) is 24.5 Å². The van der Waals surface area contributed by atoms with Gasteiger partial charge in [0.25, 0.3) is 11.8 Å². The van der Waals surface area contributed by atoms with E-state index in [4.69, 9.17) is 5.73 Å². The lowest BCUT2D eigenvalue weighted by molar-refractivity contribution is -0.148. The van der Waals surface area contributed by atoms with Crippen molar-refractivity contribution in [3.63, 3.8) is 0 Å². The van der Waals surface area contributed by atoms with Gasteiger partial charge < -0.3 is 16.0 Å². The zero-order valence-corrected chi connectivity index (χ0v) is 19.9. The number of pyridine rings is 1. The fourth-order valence-corrected chi connectivity index (χ4v) is 3.95. The zero-order chi connectivity index (χ0) is 26.7. The number of halogens is 5. The highest BCUT2D eigenvalue weighted by molar-refractivity contribution is 6.17. The van der Waals surface area contributed by atoms with E-state index in [-0.39, 0.29) is 23.6 Å². The minimum Gasteiger partial charge on any atom is -0.394 e. The van der Waals surface area contributed by atoms with E-state index in [0.717, 1.165) is 16.7 Å². The zero-order valence-electron chi connectivity index (χ0n) is 19.9. The summed E-state index contributed by atoms with van der Waals surface area (Å²) in [7, 11) is 1.47. The number of aromatic nitrogens is 3. The number of nitrogens with one attached hydrogen (secondary N) is 1. The van der Waals surface area contributed by atoms with Crippen LogP contribution in [0.5, 0.6) is 0 Å². The molecule has 0 bridgehead atoms. The third-order valence-electron chi connectivity index (χ3n) is 5.74. The van der Waals surface area contributed by atoms with Crippen molar-refractivity contribution < 1.29 is 26.7 Å². The Labute approximate surface area is 204 Å². The Morgan fingerprint density at radius 1 is 1.25 bits per heavy atom. The molecule has 3 N–H and O–H groups in total. The molecule has 1 amide bonds. The minimum absolute atomic E-state index is 0.00566. The maximum atomic E-state index is 14.5. The number of anilines is 1. The summed E-state index contributed by atoms with van der Waals surface area (Å²) in [6.07, 6.45) is -0.755. The van der Waals surface area contributed by atoms with Crippen LogP contribution in [-0.4, -0.2) is 64.1 Å². The number of amides is 1. The Bertz CT molecular complexity index is 1130. The first-order valence-electron chi connectivity index (χ1n) is 11.0. The molecule has 1 aliphatic rings. The molecule has 0 saturated carbocycles. The summed E-state index contributed by atoms with van der Waals surface area (Å²) in [5, 5.41) is 2.79. The van der Waals surface area contributed by atoms with Crippen LogP contribution in [0.2, 0.25) is 0 Å². The average Bonchev–Trinajstić information content (AvgIpc) is 2.80. The first-order chi connectivity index (χ1) is 16.8. The number of carbonyl (C=O) groups is 1. The average molecular weight is 511 g/mol. The van der Waals surface area contributed by atoms with Crippen LogP contribution in [0.15, 0.2) is 41.4 Å². The highest BCUT2D eigenvalue weighted by Gasteiger charge is 2.46. The second-order valence-corrected chi connectivity index (χ2v) is 8.64. The van der Waals surface area contributed by atoms with Crippen LogP contribution in [-0.2, 0) is 11.0 Å². The van der Waals surface area contributed by atoms with Gasteiger partial charge in [0.15, 0.2) is 5.69 Å². The van der Waals surface area contributed by atoms with Crippen LogP contribution in [0.3, 0.4) is 0 Å². The Kier molecular flexibility index (Phi) is 7.89. The molecule has 1 unspecified atom stereocenters. The second kappa shape index (κ2) is 10.5. The lowest BCUT2D eigenvalue weighted by Gasteiger charge is -2.43. The monoisotopic (exact) mass is 511 g/mol. The van der Waals surface area contributed by atoms with E-state index in [1.54, 1.807) is 25.3 Å². The summed E-state index contributed by atoms with van der Waals surface area (Å²) in [6.45, 7) is 2.46. The quantitative estimate of drug-likeness (QED) is 0.349. The molecule has 0 aromatic carbocycles. The number of aliphatic imine (C=N–C) groups is 1. The molecule has 36 heavy (non-hydrogen) atoms. The van der Waals surface area contributed by atoms with Crippen molar-refractivity contribution in [1.82, 2.24) is 19.9 Å². The minimum atomic E-state index is -4.64. The predicted molar refractivity (Wildman–Crippen MR) is 124 cm³/mol. The van der Waals surface area contributed by atoms with Crippen LogP contribution < -0.4 is 11.1 Å². The number of hydrogen-bond acceptors (Lipinski definition) is 7. The highest BCUT2D eigenvalue weighted by atomic mass is 19.4. The van der Waals surface area contributed by atoms with Gasteiger partial charge in [-0.3, -0.25) is 14.8 Å². The number of hydrogen-bond donors (Lipinski definition) is 2. The summed E-state index contributed by atoms with van der Waals surface area (Å²) in [5.74, 6) is -4.64. The number of alkyl halides is 5. The molecule has 0 spiro atoms. The SMILES string of the molecule is CN=CC(=C(N)C(=O)N1CC(F)(F)C[C@@H](C)C1CNc1cnc(C(F)(F)F)cn1)c1ccc(C)cn1. The van der Waals surface area contributed by atoms with E-state index in [2.05, 4.69) is 25.3 Å². The van der Waals surface area contributed by atoms with Crippen molar-refractivity contribution in [2.75, 3.05) is 25.5 Å². The van der Waals surface area contributed by atoms with Gasteiger partial charge in [0.2, 0.25) is 0 Å². The molecule has 2 aromatic heterocycles. The molecule has 2 atom stereocenters. The predicted octanol–water partition coefficient (Wildman–Crippen LogP) is 3.55. The number of nitrogens with zero attached hydrogens (tertiary/aromatic N) is 5. The van der Waals surface area contributed by atoms with E-state index >= 15 is 0 Å². The topological polar surface area (TPSA) is 109 Å². The third kappa shape index (κ3) is 6.32. The van der Waals surface area contributed by atoms with Gasteiger partial charge in [0, 0.05) is 38.0 Å². The van der Waals surface area contributed by atoms with E-state index in [0.29, 0.717) is 11.9 Å². The van der Waals surface area contributed by atoms with Crippen LogP contribution >= 0.6 is 0 Å². The molecule has 194 valence electrons. The van der Waals surface area contributed by atoms with E-state index < -0.39 is 48.6 Å². The Hall–Kier alpha value is -3.64. The molecule has 1 fully saturated rings. The summed E-state index contributed by atoms with van der Waals surface area (Å²) in [4.78, 5) is 29.6. The number of rotatable bonds is 6. The van der Waals surface area contributed by atoms with Gasteiger partial charge >= 0.3 is 6.18 Å². The molecular formula is C23H26F5N7O. The van der Waals surface area contributed by atoms with E-state index in [1.165, 1.54) is 13.3 Å². The lowest BCUT2D eigenvalue weighted by atomic mass is 9.88. The number of piperidine rings is 1. The fourth-order valence-electron chi connectivity index (χ4n) is 3.95. The number of likely N-dealkylation sites (tertiary alicyclic amines) is 1. The third-order valence-corrected chi connectivity index (χ3v) is 5.74. The van der Waals surface area contributed by atoms with E-state index in [1.807, 2.05) is 6.92 Å². The Morgan fingerprint density at radius 2 is 1.97 bits per heavy atom. The largest absolute Gasteiger partial charge is 0.434 e. The number of carbonyl (C=O) groups excluding carboxylic acids is 1. The highest BCUT2D eigenvalue weighted by Crippen LogP contribution is 2.35. The number of nitrogens with two attached hydrogens (primary N) is 1. The van der Waals surface area contributed by atoms with Crippen molar-refractivity contribution in [3.05, 3.63) is 53.4 Å². The summed E-state index contributed by atoms with van der Waals surface area (Å²) < 4.78 is 67.2. The van der Waals surface area contributed by atoms with Crippen molar-refractivity contribution >= 4 is 23.5 Å². The molecule has 3 heterocycles. The van der Waals surface area contributed by atoms with Gasteiger partial charge in [-0.25, -0.2) is 18.7 Å².